The Hall–Kier alpha value is -1.09. The van der Waals surface area contributed by atoms with Crippen molar-refractivity contribution >= 4 is 22.6 Å². The Bertz CT molecular complexity index is 616. The highest BCUT2D eigenvalue weighted by Gasteiger charge is 2.48. The third kappa shape index (κ3) is 1.64. The lowest BCUT2D eigenvalue weighted by molar-refractivity contribution is 0.535. The van der Waals surface area contributed by atoms with E-state index < -0.39 is 0 Å². The van der Waals surface area contributed by atoms with E-state index in [1.807, 2.05) is 13.0 Å². The lowest BCUT2D eigenvalue weighted by atomic mass is 10.2. The van der Waals surface area contributed by atoms with Gasteiger partial charge in [0.1, 0.15) is 11.3 Å². The molecule has 1 fully saturated rings. The molecule has 1 heterocycles. The minimum absolute atomic E-state index is 0.215. The summed E-state index contributed by atoms with van der Waals surface area (Å²) in [6.45, 7) is 6.31. The number of hydrogen-bond donors (Lipinski definition) is 0. The zero-order chi connectivity index (χ0) is 13.1. The standard InChI is InChI=1S/C14H16ClFN2/c1-8(15)13-17-12-9(16)5-4-6-10(12)18(13)11-7-14(11,2)3/h4-6,8,11H,7H2,1-3H3. The average molecular weight is 267 g/mol. The Kier molecular flexibility index (Phi) is 2.46. The topological polar surface area (TPSA) is 17.8 Å². The number of alkyl halides is 1. The summed E-state index contributed by atoms with van der Waals surface area (Å²) < 4.78 is 15.9. The molecule has 2 unspecified atom stereocenters. The molecule has 18 heavy (non-hydrogen) atoms. The molecular formula is C14H16ClFN2. The van der Waals surface area contributed by atoms with E-state index in [0.717, 1.165) is 17.8 Å². The molecule has 2 aromatic rings. The number of nitrogens with zero attached hydrogens (tertiary/aromatic N) is 2. The molecule has 2 nitrogen and oxygen atoms in total. The Morgan fingerprint density at radius 3 is 2.72 bits per heavy atom. The van der Waals surface area contributed by atoms with Crippen LogP contribution >= 0.6 is 11.6 Å². The predicted octanol–water partition coefficient (Wildman–Crippen LogP) is 4.45. The summed E-state index contributed by atoms with van der Waals surface area (Å²) in [4.78, 5) is 4.39. The van der Waals surface area contributed by atoms with E-state index in [2.05, 4.69) is 23.4 Å². The summed E-state index contributed by atoms with van der Waals surface area (Å²) >= 11 is 6.19. The molecule has 0 amide bonds. The van der Waals surface area contributed by atoms with E-state index in [1.54, 1.807) is 6.07 Å². The van der Waals surface area contributed by atoms with E-state index in [9.17, 15) is 4.39 Å². The number of hydrogen-bond acceptors (Lipinski definition) is 1. The third-order valence-corrected chi connectivity index (χ3v) is 4.02. The normalized spacial score (nSPS) is 23.3. The summed E-state index contributed by atoms with van der Waals surface area (Å²) in [5, 5.41) is -0.215. The average Bonchev–Trinajstić information content (AvgIpc) is 2.73. The van der Waals surface area contributed by atoms with Crippen LogP contribution in [-0.2, 0) is 0 Å². The van der Waals surface area contributed by atoms with E-state index in [4.69, 9.17) is 11.6 Å². The highest BCUT2D eigenvalue weighted by Crippen LogP contribution is 2.57. The third-order valence-electron chi connectivity index (χ3n) is 3.83. The van der Waals surface area contributed by atoms with Gasteiger partial charge in [-0.1, -0.05) is 19.9 Å². The van der Waals surface area contributed by atoms with Crippen molar-refractivity contribution in [2.45, 2.75) is 38.6 Å². The van der Waals surface area contributed by atoms with Gasteiger partial charge in [-0.05, 0) is 30.9 Å². The number of aromatic nitrogens is 2. The Morgan fingerprint density at radius 1 is 1.50 bits per heavy atom. The minimum Gasteiger partial charge on any atom is -0.323 e. The second kappa shape index (κ2) is 3.70. The van der Waals surface area contributed by atoms with Crippen molar-refractivity contribution in [2.75, 3.05) is 0 Å². The van der Waals surface area contributed by atoms with Crippen LogP contribution in [0, 0.1) is 11.2 Å². The minimum atomic E-state index is -0.275. The molecular weight excluding hydrogens is 251 g/mol. The van der Waals surface area contributed by atoms with Gasteiger partial charge in [0.05, 0.1) is 10.9 Å². The van der Waals surface area contributed by atoms with Crippen LogP contribution in [0.25, 0.3) is 11.0 Å². The highest BCUT2D eigenvalue weighted by atomic mass is 35.5. The van der Waals surface area contributed by atoms with Crippen LogP contribution < -0.4 is 0 Å². The smallest absolute Gasteiger partial charge is 0.151 e. The molecule has 0 spiro atoms. The first kappa shape index (κ1) is 12.0. The monoisotopic (exact) mass is 266 g/mol. The molecule has 0 radical (unpaired) electrons. The fourth-order valence-electron chi connectivity index (χ4n) is 2.59. The molecule has 0 aliphatic heterocycles. The van der Waals surface area contributed by atoms with Crippen LogP contribution in [0.1, 0.15) is 44.4 Å². The van der Waals surface area contributed by atoms with Gasteiger partial charge in [0, 0.05) is 6.04 Å². The number of imidazole rings is 1. The molecule has 0 bridgehead atoms. The first-order chi connectivity index (χ1) is 8.42. The van der Waals surface area contributed by atoms with Crippen molar-refractivity contribution in [3.8, 4) is 0 Å². The molecule has 96 valence electrons. The predicted molar refractivity (Wildman–Crippen MR) is 71.4 cm³/mol. The lowest BCUT2D eigenvalue weighted by Crippen LogP contribution is -2.06. The first-order valence-electron chi connectivity index (χ1n) is 6.22. The van der Waals surface area contributed by atoms with Crippen LogP contribution in [0.4, 0.5) is 4.39 Å². The van der Waals surface area contributed by atoms with Crippen molar-refractivity contribution in [3.05, 3.63) is 29.8 Å². The SMILES string of the molecule is CC(Cl)c1nc2c(F)cccc2n1C1CC1(C)C. The van der Waals surface area contributed by atoms with Gasteiger partial charge in [0.15, 0.2) is 5.82 Å². The molecule has 1 saturated carbocycles. The second-order valence-electron chi connectivity index (χ2n) is 5.77. The van der Waals surface area contributed by atoms with Gasteiger partial charge in [-0.2, -0.15) is 0 Å². The fraction of sp³-hybridized carbons (Fsp3) is 0.500. The van der Waals surface area contributed by atoms with E-state index >= 15 is 0 Å². The maximum Gasteiger partial charge on any atom is 0.151 e. The summed E-state index contributed by atoms with van der Waals surface area (Å²) in [5.41, 5.74) is 1.54. The molecule has 3 rings (SSSR count). The summed E-state index contributed by atoms with van der Waals surface area (Å²) in [6, 6.07) is 5.47. The van der Waals surface area contributed by atoms with Gasteiger partial charge in [0.25, 0.3) is 0 Å². The van der Waals surface area contributed by atoms with Gasteiger partial charge in [0.2, 0.25) is 0 Å². The van der Waals surface area contributed by atoms with Gasteiger partial charge in [-0.3, -0.25) is 0 Å². The molecule has 0 N–H and O–H groups in total. The summed E-state index contributed by atoms with van der Waals surface area (Å²) in [6.07, 6.45) is 1.09. The highest BCUT2D eigenvalue weighted by molar-refractivity contribution is 6.20. The van der Waals surface area contributed by atoms with Crippen molar-refractivity contribution in [2.24, 2.45) is 5.41 Å². The van der Waals surface area contributed by atoms with Crippen LogP contribution in [0.2, 0.25) is 0 Å². The van der Waals surface area contributed by atoms with Gasteiger partial charge < -0.3 is 4.57 Å². The zero-order valence-corrected chi connectivity index (χ0v) is 11.5. The summed E-state index contributed by atoms with van der Waals surface area (Å²) in [5.74, 6) is 0.496. The second-order valence-corrected chi connectivity index (χ2v) is 6.43. The van der Waals surface area contributed by atoms with E-state index in [-0.39, 0.29) is 16.6 Å². The van der Waals surface area contributed by atoms with Crippen molar-refractivity contribution in [3.63, 3.8) is 0 Å². The zero-order valence-electron chi connectivity index (χ0n) is 10.7. The maximum atomic E-state index is 13.8. The van der Waals surface area contributed by atoms with E-state index in [0.29, 0.717) is 11.6 Å². The molecule has 1 aliphatic carbocycles. The Morgan fingerprint density at radius 2 is 2.17 bits per heavy atom. The van der Waals surface area contributed by atoms with Gasteiger partial charge in [-0.25, -0.2) is 9.37 Å². The fourth-order valence-corrected chi connectivity index (χ4v) is 2.74. The number of fused-ring (bicyclic) bond motifs is 1. The molecule has 2 atom stereocenters. The number of rotatable bonds is 2. The van der Waals surface area contributed by atoms with Crippen molar-refractivity contribution in [1.29, 1.82) is 0 Å². The number of benzene rings is 1. The largest absolute Gasteiger partial charge is 0.323 e. The van der Waals surface area contributed by atoms with Crippen molar-refractivity contribution < 1.29 is 4.39 Å². The first-order valence-corrected chi connectivity index (χ1v) is 6.66. The van der Waals surface area contributed by atoms with Crippen LogP contribution in [-0.4, -0.2) is 9.55 Å². The molecule has 1 aromatic heterocycles. The van der Waals surface area contributed by atoms with Crippen LogP contribution in [0.5, 0.6) is 0 Å². The Labute approximate surface area is 111 Å². The molecule has 4 heteroatoms. The van der Waals surface area contributed by atoms with Crippen LogP contribution in [0.15, 0.2) is 18.2 Å². The lowest BCUT2D eigenvalue weighted by Gasteiger charge is -2.12. The molecule has 1 aromatic carbocycles. The summed E-state index contributed by atoms with van der Waals surface area (Å²) in [7, 11) is 0. The number of halogens is 2. The Balaban J connectivity index is 2.27. The maximum absolute atomic E-state index is 13.8. The molecule has 1 aliphatic rings. The quantitative estimate of drug-likeness (QED) is 0.735. The number of para-hydroxylation sites is 1. The van der Waals surface area contributed by atoms with E-state index in [1.165, 1.54) is 6.07 Å². The van der Waals surface area contributed by atoms with Crippen LogP contribution in [0.3, 0.4) is 0 Å². The molecule has 0 saturated heterocycles. The van der Waals surface area contributed by atoms with Crippen molar-refractivity contribution in [1.82, 2.24) is 9.55 Å². The van der Waals surface area contributed by atoms with Gasteiger partial charge in [-0.15, -0.1) is 11.6 Å². The van der Waals surface area contributed by atoms with Gasteiger partial charge >= 0.3 is 0 Å².